The Labute approximate surface area is 223 Å². The third-order valence-corrected chi connectivity index (χ3v) is 8.76. The van der Waals surface area contributed by atoms with Crippen molar-refractivity contribution >= 4 is 33.0 Å². The lowest BCUT2D eigenvalue weighted by Crippen LogP contribution is -2.40. The van der Waals surface area contributed by atoms with E-state index in [1.807, 2.05) is 41.3 Å². The Morgan fingerprint density at radius 3 is 2.37 bits per heavy atom. The number of hydrogen-bond acceptors (Lipinski definition) is 6. The molecule has 0 bridgehead atoms. The van der Waals surface area contributed by atoms with Crippen molar-refractivity contribution in [3.8, 4) is 0 Å². The number of likely N-dealkylation sites (N-methyl/N-ethyl adjacent to an activating group) is 1. The van der Waals surface area contributed by atoms with Gasteiger partial charge in [0.25, 0.3) is 11.8 Å². The number of rotatable bonds is 6. The highest BCUT2D eigenvalue weighted by molar-refractivity contribution is 7.91. The normalized spacial score (nSPS) is 16.9. The van der Waals surface area contributed by atoms with Gasteiger partial charge in [0.1, 0.15) is 0 Å². The first-order valence-corrected chi connectivity index (χ1v) is 14.6. The van der Waals surface area contributed by atoms with Crippen LogP contribution in [-0.2, 0) is 29.3 Å². The molecular formula is C29H32N4O4S. The Balaban J connectivity index is 1.17. The maximum Gasteiger partial charge on any atom is 0.255 e. The van der Waals surface area contributed by atoms with Gasteiger partial charge in [0.2, 0.25) is 0 Å². The lowest BCUT2D eigenvalue weighted by molar-refractivity contribution is 0.0950. The molecule has 9 heteroatoms. The zero-order valence-corrected chi connectivity index (χ0v) is 22.3. The minimum atomic E-state index is -2.94. The second kappa shape index (κ2) is 11.0. The molecule has 0 radical (unpaired) electrons. The van der Waals surface area contributed by atoms with Crippen LogP contribution in [0.2, 0.25) is 0 Å². The summed E-state index contributed by atoms with van der Waals surface area (Å²) in [4.78, 5) is 29.9. The molecule has 0 spiro atoms. The van der Waals surface area contributed by atoms with Crippen molar-refractivity contribution in [2.75, 3.05) is 48.4 Å². The van der Waals surface area contributed by atoms with Crippen LogP contribution in [0.3, 0.4) is 0 Å². The van der Waals surface area contributed by atoms with Crippen molar-refractivity contribution in [2.24, 2.45) is 0 Å². The predicted molar refractivity (Wildman–Crippen MR) is 149 cm³/mol. The molecule has 1 fully saturated rings. The van der Waals surface area contributed by atoms with Crippen molar-refractivity contribution in [3.63, 3.8) is 0 Å². The van der Waals surface area contributed by atoms with Crippen LogP contribution in [0.25, 0.3) is 0 Å². The fourth-order valence-corrected chi connectivity index (χ4v) is 6.08. The Morgan fingerprint density at radius 2 is 1.61 bits per heavy atom. The van der Waals surface area contributed by atoms with E-state index in [-0.39, 0.29) is 29.9 Å². The Morgan fingerprint density at radius 1 is 0.842 bits per heavy atom. The van der Waals surface area contributed by atoms with Crippen LogP contribution in [0, 0.1) is 0 Å². The number of hydrogen-bond donors (Lipinski definition) is 2. The number of benzene rings is 3. The zero-order chi connectivity index (χ0) is 26.7. The molecule has 8 nitrogen and oxygen atoms in total. The third-order valence-electron chi connectivity index (χ3n) is 7.15. The molecule has 3 aromatic rings. The van der Waals surface area contributed by atoms with Gasteiger partial charge in [-0.1, -0.05) is 18.2 Å². The van der Waals surface area contributed by atoms with Gasteiger partial charge >= 0.3 is 0 Å². The monoisotopic (exact) mass is 532 g/mol. The summed E-state index contributed by atoms with van der Waals surface area (Å²) >= 11 is 0. The molecular weight excluding hydrogens is 500 g/mol. The number of amides is 2. The van der Waals surface area contributed by atoms with Crippen LogP contribution in [0.5, 0.6) is 0 Å². The highest BCUT2D eigenvalue weighted by Crippen LogP contribution is 2.23. The molecule has 2 amide bonds. The predicted octanol–water partition coefficient (Wildman–Crippen LogP) is 3.09. The van der Waals surface area contributed by atoms with Gasteiger partial charge in [0.05, 0.1) is 11.5 Å². The van der Waals surface area contributed by atoms with Crippen molar-refractivity contribution in [2.45, 2.75) is 19.5 Å². The second-order valence-corrected chi connectivity index (χ2v) is 12.3. The van der Waals surface area contributed by atoms with Gasteiger partial charge < -0.3 is 20.4 Å². The van der Waals surface area contributed by atoms with E-state index in [0.29, 0.717) is 24.2 Å². The molecule has 2 heterocycles. The summed E-state index contributed by atoms with van der Waals surface area (Å²) in [5.41, 5.74) is 6.12. The van der Waals surface area contributed by atoms with E-state index in [2.05, 4.69) is 28.6 Å². The molecule has 2 aliphatic rings. The summed E-state index contributed by atoms with van der Waals surface area (Å²) < 4.78 is 23.3. The van der Waals surface area contributed by atoms with Crippen LogP contribution < -0.4 is 15.5 Å². The molecule has 5 rings (SSSR count). The van der Waals surface area contributed by atoms with E-state index in [1.165, 1.54) is 11.1 Å². The van der Waals surface area contributed by atoms with E-state index < -0.39 is 9.84 Å². The minimum absolute atomic E-state index is 0.150. The number of carbonyl (C=O) groups excluding carboxylic acids is 2. The average Bonchev–Trinajstić information content (AvgIpc) is 2.92. The molecule has 3 aromatic carbocycles. The Hall–Kier alpha value is -3.69. The topological polar surface area (TPSA) is 98.8 Å². The van der Waals surface area contributed by atoms with Crippen LogP contribution in [0.15, 0.2) is 66.7 Å². The lowest BCUT2D eigenvalue weighted by Gasteiger charge is -2.28. The number of carbonyl (C=O) groups is 2. The number of nitrogens with zero attached hydrogens (tertiary/aromatic N) is 2. The third kappa shape index (κ3) is 6.23. The zero-order valence-electron chi connectivity index (χ0n) is 21.4. The lowest BCUT2D eigenvalue weighted by atomic mass is 9.99. The van der Waals surface area contributed by atoms with Crippen LogP contribution >= 0.6 is 0 Å². The van der Waals surface area contributed by atoms with Crippen LogP contribution in [-0.4, -0.2) is 63.3 Å². The van der Waals surface area contributed by atoms with Gasteiger partial charge in [-0.05, 0) is 78.7 Å². The van der Waals surface area contributed by atoms with Crippen molar-refractivity contribution in [3.05, 3.63) is 94.5 Å². The highest BCUT2D eigenvalue weighted by atomic mass is 32.2. The molecule has 1 saturated heterocycles. The minimum Gasteiger partial charge on any atom is -0.369 e. The van der Waals surface area contributed by atoms with Gasteiger partial charge in [0, 0.05) is 55.2 Å². The molecule has 0 unspecified atom stereocenters. The summed E-state index contributed by atoms with van der Waals surface area (Å²) in [6, 6.07) is 20.5. The largest absolute Gasteiger partial charge is 0.369 e. The molecule has 38 heavy (non-hydrogen) atoms. The van der Waals surface area contributed by atoms with Crippen molar-refractivity contribution < 1.29 is 18.0 Å². The molecule has 0 saturated carbocycles. The van der Waals surface area contributed by atoms with E-state index in [0.717, 1.165) is 36.4 Å². The second-order valence-electron chi connectivity index (χ2n) is 9.99. The van der Waals surface area contributed by atoms with Crippen LogP contribution in [0.4, 0.5) is 11.4 Å². The van der Waals surface area contributed by atoms with Gasteiger partial charge in [-0.3, -0.25) is 9.59 Å². The average molecular weight is 533 g/mol. The number of fused-ring (bicyclic) bond motifs is 1. The maximum absolute atomic E-state index is 12.9. The molecule has 0 aromatic heterocycles. The fraction of sp³-hybridized carbons (Fsp3) is 0.310. The molecule has 0 aliphatic carbocycles. The summed E-state index contributed by atoms with van der Waals surface area (Å²) in [6.07, 6.45) is 1.02. The fourth-order valence-electron chi connectivity index (χ4n) is 4.88. The first-order valence-electron chi connectivity index (χ1n) is 12.8. The van der Waals surface area contributed by atoms with E-state index in [9.17, 15) is 18.0 Å². The van der Waals surface area contributed by atoms with Gasteiger partial charge in [-0.2, -0.15) is 0 Å². The molecule has 2 N–H and O–H groups in total. The Bertz CT molecular complexity index is 1440. The van der Waals surface area contributed by atoms with E-state index in [4.69, 9.17) is 0 Å². The summed E-state index contributed by atoms with van der Waals surface area (Å²) in [5, 5.41) is 5.91. The smallest absolute Gasteiger partial charge is 0.255 e. The number of anilines is 2. The summed E-state index contributed by atoms with van der Waals surface area (Å²) in [7, 11) is -0.845. The quantitative estimate of drug-likeness (QED) is 0.506. The van der Waals surface area contributed by atoms with Gasteiger partial charge in [-0.15, -0.1) is 0 Å². The molecule has 198 valence electrons. The maximum atomic E-state index is 12.9. The van der Waals surface area contributed by atoms with Crippen molar-refractivity contribution in [1.29, 1.82) is 0 Å². The van der Waals surface area contributed by atoms with Crippen LogP contribution in [0.1, 0.15) is 37.4 Å². The van der Waals surface area contributed by atoms with Gasteiger partial charge in [-0.25, -0.2) is 8.42 Å². The first-order chi connectivity index (χ1) is 18.3. The van der Waals surface area contributed by atoms with Gasteiger partial charge in [0.15, 0.2) is 9.84 Å². The highest BCUT2D eigenvalue weighted by Gasteiger charge is 2.22. The number of nitrogens with one attached hydrogen (secondary N) is 2. The standard InChI is InChI=1S/C29H32N4O4S/c1-32-12-11-22-5-8-26(18-25(22)20-32)31-29(35)24-4-2-3-21(17-24)19-30-28(34)23-6-9-27(10-7-23)33-13-15-38(36,37)16-14-33/h2-10,17-18H,11-16,19-20H2,1H3,(H,30,34)(H,31,35). The SMILES string of the molecule is CN1CCc2ccc(NC(=O)c3cccc(CNC(=O)c4ccc(N5CCS(=O)(=O)CC5)cc4)c3)cc2C1. The Kier molecular flexibility index (Phi) is 7.49. The summed E-state index contributed by atoms with van der Waals surface area (Å²) in [6.45, 7) is 3.12. The van der Waals surface area contributed by atoms with E-state index in [1.54, 1.807) is 24.3 Å². The summed E-state index contributed by atoms with van der Waals surface area (Å²) in [5.74, 6) is -0.107. The van der Waals surface area contributed by atoms with E-state index >= 15 is 0 Å². The molecule has 0 atom stereocenters. The first kappa shape index (κ1) is 25.9. The number of sulfone groups is 1. The van der Waals surface area contributed by atoms with Crippen molar-refractivity contribution in [1.82, 2.24) is 10.2 Å². The molecule has 2 aliphatic heterocycles.